The van der Waals surface area contributed by atoms with Crippen molar-refractivity contribution in [2.24, 2.45) is 0 Å². The molecule has 1 aliphatic rings. The molecule has 1 aromatic carbocycles. The van der Waals surface area contributed by atoms with Crippen LogP contribution < -0.4 is 5.73 Å². The zero-order valence-electron chi connectivity index (χ0n) is 12.0. The monoisotopic (exact) mass is 278 g/mol. The van der Waals surface area contributed by atoms with E-state index in [0.29, 0.717) is 5.69 Å². The molecule has 1 amide bonds. The van der Waals surface area contributed by atoms with Crippen LogP contribution in [-0.2, 0) is 14.9 Å². The Bertz CT molecular complexity index is 469. The van der Waals surface area contributed by atoms with Gasteiger partial charge in [0.1, 0.15) is 0 Å². The van der Waals surface area contributed by atoms with Crippen molar-refractivity contribution in [3.05, 3.63) is 29.8 Å². The smallest absolute Gasteiger partial charge is 0.233 e. The fourth-order valence-electron chi connectivity index (χ4n) is 2.56. The number of carbonyl (C=O) groups is 1. The number of anilines is 1. The Morgan fingerprint density at radius 3 is 2.55 bits per heavy atom. The third kappa shape index (κ3) is 2.94. The van der Waals surface area contributed by atoms with Crippen molar-refractivity contribution in [2.45, 2.75) is 24.4 Å². The molecule has 1 saturated carbocycles. The number of ether oxygens (including phenoxy) is 1. The predicted molar refractivity (Wildman–Crippen MR) is 77.3 cm³/mol. The van der Waals surface area contributed by atoms with Crippen molar-refractivity contribution in [1.29, 1.82) is 0 Å². The summed E-state index contributed by atoms with van der Waals surface area (Å²) in [6.07, 6.45) is 1.04. The Labute approximate surface area is 119 Å². The zero-order chi connectivity index (χ0) is 14.8. The van der Waals surface area contributed by atoms with Gasteiger partial charge in [-0.05, 0) is 30.5 Å². The largest absolute Gasteiger partial charge is 0.399 e. The number of hydrogen-bond acceptors (Lipinski definition) is 4. The van der Waals surface area contributed by atoms with Gasteiger partial charge in [0.05, 0.1) is 18.1 Å². The quantitative estimate of drug-likeness (QED) is 0.754. The molecular formula is C15H22N2O3. The molecule has 110 valence electrons. The first-order valence-electron chi connectivity index (χ1n) is 6.78. The summed E-state index contributed by atoms with van der Waals surface area (Å²) in [5, 5.41) is 9.73. The number of rotatable bonds is 6. The minimum Gasteiger partial charge on any atom is -0.399 e. The van der Waals surface area contributed by atoms with Crippen molar-refractivity contribution < 1.29 is 14.6 Å². The van der Waals surface area contributed by atoms with E-state index >= 15 is 0 Å². The molecule has 20 heavy (non-hydrogen) atoms. The average Bonchev–Trinajstić information content (AvgIpc) is 3.20. The van der Waals surface area contributed by atoms with Crippen molar-refractivity contribution in [3.63, 3.8) is 0 Å². The van der Waals surface area contributed by atoms with Gasteiger partial charge in [-0.2, -0.15) is 0 Å². The van der Waals surface area contributed by atoms with Crippen LogP contribution in [0.2, 0.25) is 0 Å². The third-order valence-electron chi connectivity index (χ3n) is 3.81. The normalized spacial score (nSPS) is 17.6. The fourth-order valence-corrected chi connectivity index (χ4v) is 2.56. The highest BCUT2D eigenvalue weighted by atomic mass is 16.5. The van der Waals surface area contributed by atoms with E-state index in [9.17, 15) is 9.90 Å². The number of nitrogens with two attached hydrogens (primary N) is 1. The molecule has 2 rings (SSSR count). The first-order valence-corrected chi connectivity index (χ1v) is 6.78. The summed E-state index contributed by atoms with van der Waals surface area (Å²) in [6.45, 7) is 0.510. The molecule has 5 nitrogen and oxygen atoms in total. The molecule has 1 aromatic rings. The van der Waals surface area contributed by atoms with Crippen LogP contribution in [0.3, 0.4) is 0 Å². The number of aliphatic hydroxyl groups excluding tert-OH is 1. The Hall–Kier alpha value is -1.59. The molecule has 0 spiro atoms. The van der Waals surface area contributed by atoms with E-state index in [0.717, 1.165) is 18.4 Å². The van der Waals surface area contributed by atoms with Crippen LogP contribution in [0, 0.1) is 0 Å². The maximum Gasteiger partial charge on any atom is 0.233 e. The summed E-state index contributed by atoms with van der Waals surface area (Å²) in [5.74, 6) is 0.0532. The lowest BCUT2D eigenvalue weighted by atomic mass is 9.94. The van der Waals surface area contributed by atoms with Crippen molar-refractivity contribution in [2.75, 3.05) is 33.0 Å². The van der Waals surface area contributed by atoms with Gasteiger partial charge in [0.25, 0.3) is 0 Å². The molecule has 0 bridgehead atoms. The highest BCUT2D eigenvalue weighted by Crippen LogP contribution is 2.49. The summed E-state index contributed by atoms with van der Waals surface area (Å²) in [6, 6.07) is 7.48. The minimum absolute atomic E-state index is 0.0532. The van der Waals surface area contributed by atoms with E-state index in [1.165, 1.54) is 7.11 Å². The molecule has 0 radical (unpaired) electrons. The van der Waals surface area contributed by atoms with Gasteiger partial charge in [0.15, 0.2) is 0 Å². The van der Waals surface area contributed by atoms with E-state index in [4.69, 9.17) is 10.5 Å². The lowest BCUT2D eigenvalue weighted by Crippen LogP contribution is -2.41. The third-order valence-corrected chi connectivity index (χ3v) is 3.81. The van der Waals surface area contributed by atoms with E-state index < -0.39 is 11.5 Å². The van der Waals surface area contributed by atoms with Gasteiger partial charge in [-0.15, -0.1) is 0 Å². The average molecular weight is 278 g/mol. The summed E-state index contributed by atoms with van der Waals surface area (Å²) >= 11 is 0. The molecule has 5 heteroatoms. The maximum absolute atomic E-state index is 12.6. The second kappa shape index (κ2) is 5.81. The van der Waals surface area contributed by atoms with Gasteiger partial charge < -0.3 is 20.5 Å². The van der Waals surface area contributed by atoms with Gasteiger partial charge in [-0.25, -0.2) is 0 Å². The summed E-state index contributed by atoms with van der Waals surface area (Å²) in [7, 11) is 3.25. The molecule has 0 aliphatic heterocycles. The van der Waals surface area contributed by atoms with Gasteiger partial charge in [-0.3, -0.25) is 4.79 Å². The Balaban J connectivity index is 2.06. The van der Waals surface area contributed by atoms with Gasteiger partial charge in [-0.1, -0.05) is 12.1 Å². The number of amides is 1. The molecular weight excluding hydrogens is 256 g/mol. The molecule has 1 atom stereocenters. The van der Waals surface area contributed by atoms with Gasteiger partial charge >= 0.3 is 0 Å². The Kier molecular flexibility index (Phi) is 4.30. The van der Waals surface area contributed by atoms with E-state index in [2.05, 4.69) is 0 Å². The van der Waals surface area contributed by atoms with Crippen LogP contribution in [0.4, 0.5) is 5.69 Å². The molecule has 1 unspecified atom stereocenters. The SMILES string of the molecule is COCC(O)CN(C)C(=O)C1(c2ccc(N)cc2)CC1. The van der Waals surface area contributed by atoms with Crippen molar-refractivity contribution in [1.82, 2.24) is 4.90 Å². The van der Waals surface area contributed by atoms with Crippen LogP contribution in [-0.4, -0.2) is 49.3 Å². The topological polar surface area (TPSA) is 75.8 Å². The first kappa shape index (κ1) is 14.8. The minimum atomic E-state index is -0.656. The number of aliphatic hydroxyl groups is 1. The standard InChI is InChI=1S/C15H22N2O3/c1-17(9-13(18)10-20-2)14(19)15(7-8-15)11-3-5-12(16)6-4-11/h3-6,13,18H,7-10,16H2,1-2H3. The van der Waals surface area contributed by atoms with Crippen molar-refractivity contribution >= 4 is 11.6 Å². The van der Waals surface area contributed by atoms with Crippen molar-refractivity contribution in [3.8, 4) is 0 Å². The Morgan fingerprint density at radius 2 is 2.05 bits per heavy atom. The maximum atomic E-state index is 12.6. The number of methoxy groups -OCH3 is 1. The van der Waals surface area contributed by atoms with Crippen LogP contribution in [0.5, 0.6) is 0 Å². The van der Waals surface area contributed by atoms with Crippen LogP contribution >= 0.6 is 0 Å². The zero-order valence-corrected chi connectivity index (χ0v) is 12.0. The lowest BCUT2D eigenvalue weighted by Gasteiger charge is -2.25. The highest BCUT2D eigenvalue weighted by Gasteiger charge is 2.52. The van der Waals surface area contributed by atoms with E-state index in [1.807, 2.05) is 24.3 Å². The molecule has 1 aliphatic carbocycles. The molecule has 0 aromatic heterocycles. The number of hydrogen-bond donors (Lipinski definition) is 2. The molecule has 0 saturated heterocycles. The van der Waals surface area contributed by atoms with Crippen LogP contribution in [0.25, 0.3) is 0 Å². The van der Waals surface area contributed by atoms with Crippen LogP contribution in [0.1, 0.15) is 18.4 Å². The second-order valence-electron chi connectivity index (χ2n) is 5.50. The lowest BCUT2D eigenvalue weighted by molar-refractivity contribution is -0.134. The highest BCUT2D eigenvalue weighted by molar-refractivity contribution is 5.91. The summed E-state index contributed by atoms with van der Waals surface area (Å²) in [4.78, 5) is 14.2. The van der Waals surface area contributed by atoms with Gasteiger partial charge in [0.2, 0.25) is 5.91 Å². The number of nitrogens with zero attached hydrogens (tertiary/aromatic N) is 1. The van der Waals surface area contributed by atoms with Gasteiger partial charge in [0, 0.05) is 26.4 Å². The molecule has 0 heterocycles. The predicted octanol–water partition coefficient (Wildman–Crippen LogP) is 0.766. The first-order chi connectivity index (χ1) is 9.49. The number of likely N-dealkylation sites (N-methyl/N-ethyl adjacent to an activating group) is 1. The molecule has 1 fully saturated rings. The number of nitrogen functional groups attached to an aromatic ring is 1. The summed E-state index contributed by atoms with van der Waals surface area (Å²) in [5.41, 5.74) is 6.96. The van der Waals surface area contributed by atoms with E-state index in [1.54, 1.807) is 11.9 Å². The van der Waals surface area contributed by atoms with E-state index in [-0.39, 0.29) is 19.1 Å². The summed E-state index contributed by atoms with van der Waals surface area (Å²) < 4.78 is 4.88. The van der Waals surface area contributed by atoms with Crippen LogP contribution in [0.15, 0.2) is 24.3 Å². The number of benzene rings is 1. The number of carbonyl (C=O) groups excluding carboxylic acids is 1. The fraction of sp³-hybridized carbons (Fsp3) is 0.533. The Morgan fingerprint density at radius 1 is 1.45 bits per heavy atom. The second-order valence-corrected chi connectivity index (χ2v) is 5.50. The molecule has 3 N–H and O–H groups in total.